The fourth-order valence-corrected chi connectivity index (χ4v) is 1.97. The smallest absolute Gasteiger partial charge is 0.374 e. The first-order valence-corrected chi connectivity index (χ1v) is 5.89. The van der Waals surface area contributed by atoms with E-state index in [2.05, 4.69) is 11.7 Å². The van der Waals surface area contributed by atoms with Crippen molar-refractivity contribution < 1.29 is 23.9 Å². The van der Waals surface area contributed by atoms with Crippen molar-refractivity contribution in [3.8, 4) is 0 Å². The predicted molar refractivity (Wildman–Crippen MR) is 58.8 cm³/mol. The molecule has 17 heavy (non-hydrogen) atoms. The van der Waals surface area contributed by atoms with Crippen LogP contribution < -0.4 is 0 Å². The minimum absolute atomic E-state index is 0.0482. The fraction of sp³-hybridized carbons (Fsp3) is 0.750. The molecule has 1 rings (SSSR count). The van der Waals surface area contributed by atoms with E-state index in [1.807, 2.05) is 0 Å². The second-order valence-electron chi connectivity index (χ2n) is 4.52. The molecule has 0 aromatic heterocycles. The van der Waals surface area contributed by atoms with Gasteiger partial charge in [0.1, 0.15) is 0 Å². The number of hydrogen-bond acceptors (Lipinski definition) is 5. The Bertz CT molecular complexity index is 291. The fourth-order valence-electron chi connectivity index (χ4n) is 1.97. The minimum Gasteiger partial charge on any atom is -0.425 e. The molecule has 96 valence electrons. The third-order valence-electron chi connectivity index (χ3n) is 3.01. The summed E-state index contributed by atoms with van der Waals surface area (Å²) in [5.41, 5.74) is 0. The summed E-state index contributed by atoms with van der Waals surface area (Å²) in [5, 5.41) is 0. The van der Waals surface area contributed by atoms with Gasteiger partial charge < -0.3 is 9.47 Å². The number of esters is 2. The maximum absolute atomic E-state index is 11.7. The van der Waals surface area contributed by atoms with E-state index in [0.29, 0.717) is 5.92 Å². The van der Waals surface area contributed by atoms with Crippen molar-refractivity contribution in [1.29, 1.82) is 0 Å². The Hall–Kier alpha value is -1.39. The van der Waals surface area contributed by atoms with Gasteiger partial charge in [-0.25, -0.2) is 4.79 Å². The predicted octanol–water partition coefficient (Wildman–Crippen LogP) is 1.44. The van der Waals surface area contributed by atoms with Gasteiger partial charge in [-0.2, -0.15) is 0 Å². The minimum atomic E-state index is -1.03. The van der Waals surface area contributed by atoms with Crippen LogP contribution in [0.1, 0.15) is 39.5 Å². The van der Waals surface area contributed by atoms with Crippen LogP contribution in [0.4, 0.5) is 0 Å². The van der Waals surface area contributed by atoms with Crippen molar-refractivity contribution in [3.63, 3.8) is 0 Å². The molecule has 1 aliphatic rings. The summed E-state index contributed by atoms with van der Waals surface area (Å²) in [4.78, 5) is 32.4. The second-order valence-corrected chi connectivity index (χ2v) is 4.52. The van der Waals surface area contributed by atoms with E-state index >= 15 is 0 Å². The average molecular weight is 242 g/mol. The largest absolute Gasteiger partial charge is 0.425 e. The number of aldehydes is 1. The Kier molecular flexibility index (Phi) is 5.12. The highest BCUT2D eigenvalue weighted by atomic mass is 16.7. The Balaban J connectivity index is 2.33. The first-order valence-electron chi connectivity index (χ1n) is 5.89. The summed E-state index contributed by atoms with van der Waals surface area (Å²) in [6.07, 6.45) is 2.71. The van der Waals surface area contributed by atoms with E-state index in [-0.39, 0.29) is 18.2 Å². The van der Waals surface area contributed by atoms with Crippen molar-refractivity contribution in [2.45, 2.75) is 45.8 Å². The van der Waals surface area contributed by atoms with Crippen LogP contribution in [0.25, 0.3) is 0 Å². The van der Waals surface area contributed by atoms with Crippen LogP contribution in [-0.4, -0.2) is 24.5 Å². The van der Waals surface area contributed by atoms with Crippen molar-refractivity contribution in [2.24, 2.45) is 11.8 Å². The zero-order valence-electron chi connectivity index (χ0n) is 10.2. The molecular formula is C12H18O5. The first kappa shape index (κ1) is 13.7. The van der Waals surface area contributed by atoms with Crippen LogP contribution in [0.15, 0.2) is 0 Å². The van der Waals surface area contributed by atoms with Crippen molar-refractivity contribution >= 4 is 18.2 Å². The molecule has 0 heterocycles. The van der Waals surface area contributed by atoms with Crippen LogP contribution in [0.2, 0.25) is 0 Å². The standard InChI is InChI=1S/C12H18O5/c1-8-3-5-10(6-4-8)12(15)17-9(2)16-11(14)7-13/h7-10H,3-6H2,1-2H3. The molecule has 0 amide bonds. The molecule has 1 atom stereocenters. The molecule has 5 heteroatoms. The first-order chi connectivity index (χ1) is 8.02. The Morgan fingerprint density at radius 1 is 1.18 bits per heavy atom. The lowest BCUT2D eigenvalue weighted by molar-refractivity contribution is -0.187. The molecule has 0 N–H and O–H groups in total. The quantitative estimate of drug-likeness (QED) is 0.323. The second kappa shape index (κ2) is 6.37. The van der Waals surface area contributed by atoms with E-state index in [1.54, 1.807) is 0 Å². The van der Waals surface area contributed by atoms with E-state index in [4.69, 9.17) is 4.74 Å². The van der Waals surface area contributed by atoms with Gasteiger partial charge in [0.05, 0.1) is 5.92 Å². The van der Waals surface area contributed by atoms with Crippen LogP contribution in [0, 0.1) is 11.8 Å². The van der Waals surface area contributed by atoms with Crippen LogP contribution in [-0.2, 0) is 23.9 Å². The molecule has 1 unspecified atom stereocenters. The Morgan fingerprint density at radius 2 is 1.76 bits per heavy atom. The maximum atomic E-state index is 11.7. The van der Waals surface area contributed by atoms with E-state index in [1.165, 1.54) is 6.92 Å². The summed E-state index contributed by atoms with van der Waals surface area (Å²) in [7, 11) is 0. The average Bonchev–Trinajstić information content (AvgIpc) is 2.29. The molecule has 1 fully saturated rings. The summed E-state index contributed by atoms with van der Waals surface area (Å²) >= 11 is 0. The van der Waals surface area contributed by atoms with Gasteiger partial charge in [-0.15, -0.1) is 0 Å². The van der Waals surface area contributed by atoms with Crippen molar-refractivity contribution in [3.05, 3.63) is 0 Å². The van der Waals surface area contributed by atoms with E-state index < -0.39 is 12.3 Å². The highest BCUT2D eigenvalue weighted by Crippen LogP contribution is 2.29. The number of carbonyl (C=O) groups excluding carboxylic acids is 3. The third kappa shape index (κ3) is 4.54. The molecule has 0 spiro atoms. The zero-order valence-corrected chi connectivity index (χ0v) is 10.2. The normalized spacial score (nSPS) is 25.8. The van der Waals surface area contributed by atoms with E-state index in [0.717, 1.165) is 25.7 Å². The monoisotopic (exact) mass is 242 g/mol. The lowest BCUT2D eigenvalue weighted by atomic mass is 9.83. The van der Waals surface area contributed by atoms with Crippen LogP contribution in [0.3, 0.4) is 0 Å². The van der Waals surface area contributed by atoms with Gasteiger partial charge in [0.25, 0.3) is 0 Å². The van der Waals surface area contributed by atoms with Crippen molar-refractivity contribution in [2.75, 3.05) is 0 Å². The number of carbonyl (C=O) groups is 3. The van der Waals surface area contributed by atoms with Crippen LogP contribution >= 0.6 is 0 Å². The van der Waals surface area contributed by atoms with Gasteiger partial charge in [-0.05, 0) is 31.6 Å². The number of rotatable bonds is 4. The molecule has 0 aromatic carbocycles. The summed E-state index contributed by atoms with van der Waals surface area (Å²) < 4.78 is 9.49. The summed E-state index contributed by atoms with van der Waals surface area (Å²) in [6.45, 7) is 3.58. The van der Waals surface area contributed by atoms with E-state index in [9.17, 15) is 14.4 Å². The molecule has 0 aromatic rings. The van der Waals surface area contributed by atoms with Gasteiger partial charge in [0.2, 0.25) is 12.6 Å². The number of hydrogen-bond donors (Lipinski definition) is 0. The molecule has 1 aliphatic carbocycles. The highest BCUT2D eigenvalue weighted by Gasteiger charge is 2.27. The van der Waals surface area contributed by atoms with Gasteiger partial charge in [-0.1, -0.05) is 6.92 Å². The van der Waals surface area contributed by atoms with Gasteiger partial charge in [0, 0.05) is 6.92 Å². The highest BCUT2D eigenvalue weighted by molar-refractivity contribution is 6.20. The summed E-state index contributed by atoms with van der Waals surface area (Å²) in [5.74, 6) is -0.821. The van der Waals surface area contributed by atoms with Crippen LogP contribution in [0.5, 0.6) is 0 Å². The molecule has 0 radical (unpaired) electrons. The molecule has 0 bridgehead atoms. The lowest BCUT2D eigenvalue weighted by Crippen LogP contribution is -2.28. The lowest BCUT2D eigenvalue weighted by Gasteiger charge is -2.25. The topological polar surface area (TPSA) is 69.7 Å². The SMILES string of the molecule is CC1CCC(C(=O)OC(C)OC(=O)C=O)CC1. The molecule has 1 saturated carbocycles. The molecule has 5 nitrogen and oxygen atoms in total. The zero-order chi connectivity index (χ0) is 12.8. The maximum Gasteiger partial charge on any atom is 0.374 e. The molecule has 0 aliphatic heterocycles. The molecule has 0 saturated heterocycles. The third-order valence-corrected chi connectivity index (χ3v) is 3.01. The van der Waals surface area contributed by atoms with Gasteiger partial charge in [-0.3, -0.25) is 9.59 Å². The molecular weight excluding hydrogens is 224 g/mol. The summed E-state index contributed by atoms with van der Waals surface area (Å²) in [6, 6.07) is 0. The van der Waals surface area contributed by atoms with Crippen molar-refractivity contribution in [1.82, 2.24) is 0 Å². The number of ether oxygens (including phenoxy) is 2. The Labute approximate surface area is 100 Å². The van der Waals surface area contributed by atoms with Gasteiger partial charge >= 0.3 is 11.9 Å². The Morgan fingerprint density at radius 3 is 2.29 bits per heavy atom. The van der Waals surface area contributed by atoms with Gasteiger partial charge in [0.15, 0.2) is 0 Å².